The van der Waals surface area contributed by atoms with Crippen LogP contribution in [0.4, 0.5) is 19.0 Å². The highest BCUT2D eigenvalue weighted by Crippen LogP contribution is 2.31. The first-order valence-electron chi connectivity index (χ1n) is 6.77. The third-order valence-electron chi connectivity index (χ3n) is 3.15. The largest absolute Gasteiger partial charge is 0.416 e. The molecule has 24 heavy (non-hydrogen) atoms. The quantitative estimate of drug-likeness (QED) is 0.756. The highest BCUT2D eigenvalue weighted by Gasteiger charge is 2.30. The first-order valence-corrected chi connectivity index (χ1v) is 6.77. The number of alkyl halides is 3. The topological polar surface area (TPSA) is 98.2 Å². The maximum absolute atomic E-state index is 12.9. The number of amides is 1. The van der Waals surface area contributed by atoms with Gasteiger partial charge in [-0.25, -0.2) is 0 Å². The van der Waals surface area contributed by atoms with Crippen molar-refractivity contribution in [3.63, 3.8) is 0 Å². The molecule has 0 fully saturated rings. The summed E-state index contributed by atoms with van der Waals surface area (Å²) in [5.41, 5.74) is 4.83. The number of carbonyl (C=O) groups is 1. The first-order chi connectivity index (χ1) is 11.3. The van der Waals surface area contributed by atoms with Crippen LogP contribution in [0.25, 0.3) is 17.0 Å². The molecule has 1 aromatic carbocycles. The van der Waals surface area contributed by atoms with Gasteiger partial charge in [0.1, 0.15) is 5.82 Å². The van der Waals surface area contributed by atoms with E-state index >= 15 is 0 Å². The molecule has 3 N–H and O–H groups in total. The molecule has 2 aromatic heterocycles. The van der Waals surface area contributed by atoms with Crippen LogP contribution in [0.15, 0.2) is 36.4 Å². The number of hydrogen-bond acceptors (Lipinski definition) is 5. The molecule has 124 valence electrons. The van der Waals surface area contributed by atoms with Crippen molar-refractivity contribution in [2.45, 2.75) is 6.18 Å². The van der Waals surface area contributed by atoms with E-state index in [1.54, 1.807) is 12.1 Å². The molecule has 0 bridgehead atoms. The van der Waals surface area contributed by atoms with Gasteiger partial charge in [0.15, 0.2) is 11.5 Å². The molecule has 1 amide bonds. The van der Waals surface area contributed by atoms with Gasteiger partial charge in [0.25, 0.3) is 0 Å². The number of anilines is 1. The van der Waals surface area contributed by atoms with E-state index in [0.29, 0.717) is 11.5 Å². The summed E-state index contributed by atoms with van der Waals surface area (Å²) >= 11 is 0. The Kier molecular flexibility index (Phi) is 3.80. The summed E-state index contributed by atoms with van der Waals surface area (Å²) in [6.45, 7) is -0.125. The molecular weight excluding hydrogens is 325 g/mol. The Morgan fingerprint density at radius 3 is 2.71 bits per heavy atom. The minimum atomic E-state index is -4.46. The van der Waals surface area contributed by atoms with Crippen molar-refractivity contribution in [2.75, 3.05) is 11.9 Å². The van der Waals surface area contributed by atoms with Crippen LogP contribution in [-0.2, 0) is 11.0 Å². The van der Waals surface area contributed by atoms with Crippen molar-refractivity contribution in [1.82, 2.24) is 19.8 Å². The van der Waals surface area contributed by atoms with Crippen molar-refractivity contribution < 1.29 is 18.0 Å². The molecular formula is C14H11F3N6O. The minimum absolute atomic E-state index is 0.125. The molecule has 0 saturated carbocycles. The molecule has 3 rings (SSSR count). The highest BCUT2D eigenvalue weighted by atomic mass is 19.4. The van der Waals surface area contributed by atoms with Crippen LogP contribution in [0.2, 0.25) is 0 Å². The Morgan fingerprint density at radius 1 is 1.21 bits per heavy atom. The standard InChI is InChI=1S/C14H11F3N6O/c15-14(16,17)9-3-1-2-8(6-9)13-21-20-12-5-4-11(22-23(12)13)19-7-10(18)24/h1-6H,7H2,(H2,18,24)(H,19,22). The van der Waals surface area contributed by atoms with Crippen molar-refractivity contribution in [3.8, 4) is 11.4 Å². The van der Waals surface area contributed by atoms with E-state index in [-0.39, 0.29) is 17.9 Å². The zero-order chi connectivity index (χ0) is 17.3. The zero-order valence-electron chi connectivity index (χ0n) is 12.1. The van der Waals surface area contributed by atoms with Crippen molar-refractivity contribution in [1.29, 1.82) is 0 Å². The van der Waals surface area contributed by atoms with Crippen molar-refractivity contribution in [2.24, 2.45) is 5.73 Å². The fourth-order valence-corrected chi connectivity index (χ4v) is 2.08. The van der Waals surface area contributed by atoms with Gasteiger partial charge < -0.3 is 11.1 Å². The van der Waals surface area contributed by atoms with E-state index in [4.69, 9.17) is 5.73 Å². The summed E-state index contributed by atoms with van der Waals surface area (Å²) < 4.78 is 39.8. The molecule has 3 aromatic rings. The number of nitrogens with one attached hydrogen (secondary N) is 1. The molecule has 0 aliphatic heterocycles. The van der Waals surface area contributed by atoms with E-state index < -0.39 is 17.6 Å². The van der Waals surface area contributed by atoms with Crippen LogP contribution in [0, 0.1) is 0 Å². The molecule has 10 heteroatoms. The van der Waals surface area contributed by atoms with E-state index in [2.05, 4.69) is 20.6 Å². The van der Waals surface area contributed by atoms with Crippen LogP contribution in [0.1, 0.15) is 5.56 Å². The number of fused-ring (bicyclic) bond motifs is 1. The Bertz CT molecular complexity index is 905. The number of rotatable bonds is 4. The number of nitrogens with two attached hydrogens (primary N) is 1. The fourth-order valence-electron chi connectivity index (χ4n) is 2.08. The third kappa shape index (κ3) is 3.12. The Hall–Kier alpha value is -3.17. The Morgan fingerprint density at radius 2 is 2.00 bits per heavy atom. The monoisotopic (exact) mass is 336 g/mol. The maximum atomic E-state index is 12.9. The molecule has 0 radical (unpaired) electrons. The summed E-state index contributed by atoms with van der Waals surface area (Å²) in [4.78, 5) is 10.8. The lowest BCUT2D eigenvalue weighted by atomic mass is 10.1. The lowest BCUT2D eigenvalue weighted by Gasteiger charge is -2.08. The van der Waals surface area contributed by atoms with Gasteiger partial charge in [0, 0.05) is 5.56 Å². The lowest BCUT2D eigenvalue weighted by molar-refractivity contribution is -0.137. The molecule has 0 unspecified atom stereocenters. The van der Waals surface area contributed by atoms with Crippen molar-refractivity contribution in [3.05, 3.63) is 42.0 Å². The van der Waals surface area contributed by atoms with Gasteiger partial charge >= 0.3 is 6.18 Å². The third-order valence-corrected chi connectivity index (χ3v) is 3.15. The zero-order valence-corrected chi connectivity index (χ0v) is 12.1. The second kappa shape index (κ2) is 5.80. The number of aromatic nitrogens is 4. The van der Waals surface area contributed by atoms with E-state index in [1.165, 1.54) is 16.6 Å². The molecule has 2 heterocycles. The molecule has 0 aliphatic rings. The van der Waals surface area contributed by atoms with E-state index in [1.807, 2.05) is 0 Å². The molecule has 0 spiro atoms. The van der Waals surface area contributed by atoms with E-state index in [0.717, 1.165) is 12.1 Å². The Balaban J connectivity index is 2.03. The summed E-state index contributed by atoms with van der Waals surface area (Å²) in [6, 6.07) is 7.84. The van der Waals surface area contributed by atoms with Crippen LogP contribution in [0.5, 0.6) is 0 Å². The van der Waals surface area contributed by atoms with Crippen LogP contribution in [0.3, 0.4) is 0 Å². The first kappa shape index (κ1) is 15.7. The smallest absolute Gasteiger partial charge is 0.368 e. The van der Waals surface area contributed by atoms with Gasteiger partial charge in [-0.15, -0.1) is 15.3 Å². The van der Waals surface area contributed by atoms with Gasteiger partial charge in [-0.05, 0) is 24.3 Å². The lowest BCUT2D eigenvalue weighted by Crippen LogP contribution is -2.22. The van der Waals surface area contributed by atoms with Gasteiger partial charge in [-0.1, -0.05) is 12.1 Å². The molecule has 0 atom stereocenters. The second-order valence-corrected chi connectivity index (χ2v) is 4.91. The summed E-state index contributed by atoms with van der Waals surface area (Å²) in [7, 11) is 0. The molecule has 0 aliphatic carbocycles. The number of halogens is 3. The number of hydrogen-bond donors (Lipinski definition) is 2. The van der Waals surface area contributed by atoms with Crippen LogP contribution in [-0.4, -0.2) is 32.3 Å². The normalized spacial score (nSPS) is 11.6. The fraction of sp³-hybridized carbons (Fsp3) is 0.143. The van der Waals surface area contributed by atoms with Crippen LogP contribution < -0.4 is 11.1 Å². The summed E-state index contributed by atoms with van der Waals surface area (Å²) in [5.74, 6) is -0.105. The number of nitrogens with zero attached hydrogens (tertiary/aromatic N) is 4. The summed E-state index contributed by atoms with van der Waals surface area (Å²) in [6.07, 6.45) is -4.46. The number of carbonyl (C=O) groups excluding carboxylic acids is 1. The second-order valence-electron chi connectivity index (χ2n) is 4.91. The predicted molar refractivity (Wildman–Crippen MR) is 78.9 cm³/mol. The maximum Gasteiger partial charge on any atom is 0.416 e. The predicted octanol–water partition coefficient (Wildman–Crippen LogP) is 1.71. The number of primary amides is 1. The molecule has 7 nitrogen and oxygen atoms in total. The SMILES string of the molecule is NC(=O)CNc1ccc2nnc(-c3cccc(C(F)(F)F)c3)n2n1. The summed E-state index contributed by atoms with van der Waals surface area (Å²) in [5, 5.41) is 14.6. The highest BCUT2D eigenvalue weighted by molar-refractivity contribution is 5.78. The minimum Gasteiger partial charge on any atom is -0.368 e. The van der Waals surface area contributed by atoms with Crippen LogP contribution >= 0.6 is 0 Å². The molecule has 0 saturated heterocycles. The average Bonchev–Trinajstić information content (AvgIpc) is 2.95. The van der Waals surface area contributed by atoms with Gasteiger partial charge in [0.05, 0.1) is 12.1 Å². The van der Waals surface area contributed by atoms with Gasteiger partial charge in [0.2, 0.25) is 5.91 Å². The van der Waals surface area contributed by atoms with Crippen molar-refractivity contribution >= 4 is 17.4 Å². The average molecular weight is 336 g/mol. The van der Waals surface area contributed by atoms with E-state index in [9.17, 15) is 18.0 Å². The number of benzene rings is 1. The van der Waals surface area contributed by atoms with Gasteiger partial charge in [-0.2, -0.15) is 17.7 Å². The Labute approximate surface area is 133 Å². The van der Waals surface area contributed by atoms with Gasteiger partial charge in [-0.3, -0.25) is 4.79 Å².